The van der Waals surface area contributed by atoms with E-state index in [1.54, 1.807) is 0 Å². The molecule has 0 fully saturated rings. The van der Waals surface area contributed by atoms with Gasteiger partial charge in [-0.1, -0.05) is 0 Å². The third-order valence-electron chi connectivity index (χ3n) is 0.984. The Balaban J connectivity index is 0. The Kier molecular flexibility index (Phi) is 5.93. The van der Waals surface area contributed by atoms with Crippen LogP contribution in [0, 0.1) is 0 Å². The van der Waals surface area contributed by atoms with Crippen LogP contribution in [-0.4, -0.2) is 15.2 Å². The van der Waals surface area contributed by atoms with Gasteiger partial charge in [-0.2, -0.15) is 0 Å². The van der Waals surface area contributed by atoms with Gasteiger partial charge in [0.1, 0.15) is 0 Å². The second kappa shape index (κ2) is 6.22. The average Bonchev–Trinajstić information content (AvgIpc) is 1.85. The van der Waals surface area contributed by atoms with Crippen LogP contribution in [0.5, 0.6) is 0 Å². The van der Waals surface area contributed by atoms with Gasteiger partial charge in [0.15, 0.2) is 0 Å². The summed E-state index contributed by atoms with van der Waals surface area (Å²) in [5.74, 6) is 0. The Hall–Kier alpha value is -0.508. The smallest absolute Gasteiger partial charge is 1.00 e. The van der Waals surface area contributed by atoms with Gasteiger partial charge in [0.25, 0.3) is 0 Å². The van der Waals surface area contributed by atoms with Crippen LogP contribution in [0.4, 0.5) is 0 Å². The van der Waals surface area contributed by atoms with Crippen LogP contribution in [-0.2, 0) is 0 Å². The van der Waals surface area contributed by atoms with Crippen LogP contribution in [0.3, 0.4) is 0 Å². The van der Waals surface area contributed by atoms with Gasteiger partial charge < -0.3 is 1.43 Å². The first kappa shape index (κ1) is 10.5. The summed E-state index contributed by atoms with van der Waals surface area (Å²) in [5, 5.41) is 0. The molecule has 0 aliphatic rings. The molecular weight excluding hydrogens is 147 g/mol. The quantitative estimate of drug-likeness (QED) is 0.440. The van der Waals surface area contributed by atoms with E-state index in [4.69, 9.17) is 0 Å². The SMILES string of the molecule is C=C(C)C=[CH][Al+][CH]=CC(=C)C.[H-]. The Labute approximate surface area is 77.2 Å². The number of allylic oxidation sites excluding steroid dienone is 4. The predicted octanol–water partition coefficient (Wildman–Crippen LogP) is 2.98. The normalized spacial score (nSPS) is 10.4. The summed E-state index contributed by atoms with van der Waals surface area (Å²) in [6.07, 6.45) is 4.11. The standard InChI is InChI=1S/2C5H7.Al.H/c2*1-4-5(2)3;;/h2*1,4H,2H2,3H3;;/q;;+1;-1. The van der Waals surface area contributed by atoms with Gasteiger partial charge in [-0.15, -0.1) is 0 Å². The molecular formula is C10H15Al. The van der Waals surface area contributed by atoms with Crippen molar-refractivity contribution in [2.24, 2.45) is 0 Å². The third kappa shape index (κ3) is 9.49. The molecule has 0 atom stereocenters. The van der Waals surface area contributed by atoms with Crippen molar-refractivity contribution in [3.05, 3.63) is 46.3 Å². The summed E-state index contributed by atoms with van der Waals surface area (Å²) in [4.78, 5) is 4.34. The van der Waals surface area contributed by atoms with Crippen LogP contribution in [0.15, 0.2) is 46.3 Å². The van der Waals surface area contributed by atoms with Crippen molar-refractivity contribution in [3.63, 3.8) is 0 Å². The number of rotatable bonds is 4. The molecule has 1 heteroatoms. The zero-order valence-corrected chi connectivity index (χ0v) is 8.46. The van der Waals surface area contributed by atoms with Crippen LogP contribution in [0.2, 0.25) is 0 Å². The summed E-state index contributed by atoms with van der Waals surface area (Å²) in [6.45, 7) is 11.5. The van der Waals surface area contributed by atoms with Gasteiger partial charge in [0, 0.05) is 0 Å². The van der Waals surface area contributed by atoms with E-state index in [1.165, 1.54) is 0 Å². The van der Waals surface area contributed by atoms with Crippen molar-refractivity contribution < 1.29 is 1.43 Å². The molecule has 0 N–H and O–H groups in total. The van der Waals surface area contributed by atoms with Crippen LogP contribution in [0.1, 0.15) is 15.3 Å². The second-order valence-corrected chi connectivity index (χ2v) is 3.76. The van der Waals surface area contributed by atoms with Crippen molar-refractivity contribution in [2.45, 2.75) is 13.8 Å². The Morgan fingerprint density at radius 2 is 1.45 bits per heavy atom. The van der Waals surface area contributed by atoms with E-state index in [9.17, 15) is 0 Å². The molecule has 0 aromatic rings. The molecule has 0 radical (unpaired) electrons. The average molecular weight is 162 g/mol. The second-order valence-electron chi connectivity index (χ2n) is 2.60. The third-order valence-corrected chi connectivity index (χ3v) is 1.81. The summed E-state index contributed by atoms with van der Waals surface area (Å²) >= 11 is 0.289. The van der Waals surface area contributed by atoms with Gasteiger partial charge in [-0.3, -0.25) is 0 Å². The van der Waals surface area contributed by atoms with Gasteiger partial charge in [-0.05, 0) is 0 Å². The minimum absolute atomic E-state index is 0. The summed E-state index contributed by atoms with van der Waals surface area (Å²) in [7, 11) is 0. The summed E-state index contributed by atoms with van der Waals surface area (Å²) < 4.78 is 0. The fourth-order valence-corrected chi connectivity index (χ4v) is 1.51. The number of hydrogen-bond donors (Lipinski definition) is 0. The Morgan fingerprint density at radius 3 is 1.73 bits per heavy atom. The molecule has 11 heavy (non-hydrogen) atoms. The van der Waals surface area contributed by atoms with E-state index in [-0.39, 0.29) is 16.6 Å². The van der Waals surface area contributed by atoms with Gasteiger partial charge in [0.05, 0.1) is 0 Å². The molecule has 0 saturated carbocycles. The van der Waals surface area contributed by atoms with E-state index in [0.717, 1.165) is 11.1 Å². The van der Waals surface area contributed by atoms with Crippen molar-refractivity contribution in [3.8, 4) is 0 Å². The first-order chi connectivity index (χ1) is 5.13. The molecule has 0 heterocycles. The molecule has 0 amide bonds. The van der Waals surface area contributed by atoms with Gasteiger partial charge in [-0.25, -0.2) is 0 Å². The minimum Gasteiger partial charge on any atom is -1.00 e. The van der Waals surface area contributed by atoms with E-state index < -0.39 is 0 Å². The molecule has 0 aliphatic heterocycles. The van der Waals surface area contributed by atoms with Crippen molar-refractivity contribution >= 4 is 15.2 Å². The summed E-state index contributed by atoms with van der Waals surface area (Å²) in [6, 6.07) is 0. The van der Waals surface area contributed by atoms with Crippen LogP contribution >= 0.6 is 0 Å². The molecule has 0 unspecified atom stereocenters. The van der Waals surface area contributed by atoms with E-state index in [2.05, 4.69) is 35.2 Å². The van der Waals surface area contributed by atoms with Gasteiger partial charge >= 0.3 is 75.4 Å². The maximum Gasteiger partial charge on any atom is -1.00 e. The van der Waals surface area contributed by atoms with E-state index in [1.807, 2.05) is 13.8 Å². The van der Waals surface area contributed by atoms with Crippen LogP contribution in [0.25, 0.3) is 0 Å². The molecule has 0 saturated heterocycles. The van der Waals surface area contributed by atoms with Crippen molar-refractivity contribution in [1.29, 1.82) is 0 Å². The monoisotopic (exact) mass is 162 g/mol. The Bertz CT molecular complexity index is 180. The first-order valence-corrected chi connectivity index (χ1v) is 4.95. The fourth-order valence-electron chi connectivity index (χ4n) is 0.504. The Morgan fingerprint density at radius 1 is 1.09 bits per heavy atom. The summed E-state index contributed by atoms with van der Waals surface area (Å²) in [5.41, 5.74) is 2.22. The van der Waals surface area contributed by atoms with Crippen molar-refractivity contribution in [1.82, 2.24) is 0 Å². The topological polar surface area (TPSA) is 0 Å². The molecule has 58 valence electrons. The molecule has 0 rings (SSSR count). The maximum atomic E-state index is 3.77. The van der Waals surface area contributed by atoms with E-state index >= 15 is 0 Å². The van der Waals surface area contributed by atoms with E-state index in [0.29, 0.717) is 0 Å². The zero-order valence-electron chi connectivity index (χ0n) is 8.30. The molecule has 0 aliphatic carbocycles. The predicted molar refractivity (Wildman–Crippen MR) is 54.8 cm³/mol. The van der Waals surface area contributed by atoms with Gasteiger partial charge in [0.2, 0.25) is 0 Å². The fraction of sp³-hybridized carbons (Fsp3) is 0.200. The van der Waals surface area contributed by atoms with Crippen LogP contribution < -0.4 is 0 Å². The minimum atomic E-state index is 0. The molecule has 0 nitrogen and oxygen atoms in total. The molecule has 0 spiro atoms. The zero-order chi connectivity index (χ0) is 8.69. The van der Waals surface area contributed by atoms with Crippen molar-refractivity contribution in [2.75, 3.05) is 0 Å². The molecule has 0 aromatic heterocycles. The number of hydrogen-bond acceptors (Lipinski definition) is 0. The molecule has 0 aromatic carbocycles. The largest absolute Gasteiger partial charge is 1.00 e. The molecule has 0 bridgehead atoms. The maximum absolute atomic E-state index is 3.77. The first-order valence-electron chi connectivity index (χ1n) is 3.62.